The van der Waals surface area contributed by atoms with Gasteiger partial charge in [0.25, 0.3) is 0 Å². The number of hydrogen-bond acceptors (Lipinski definition) is 5. The molecule has 6 heteroatoms. The third-order valence-electron chi connectivity index (χ3n) is 3.02. The van der Waals surface area contributed by atoms with Gasteiger partial charge in [0.05, 0.1) is 13.2 Å². The van der Waals surface area contributed by atoms with Crippen LogP contribution in [-0.2, 0) is 19.5 Å². The number of aromatic amines is 1. The Morgan fingerprint density at radius 1 is 1.42 bits per heavy atom. The summed E-state index contributed by atoms with van der Waals surface area (Å²) >= 11 is 1.75. The van der Waals surface area contributed by atoms with Crippen LogP contribution in [0.1, 0.15) is 29.0 Å². The number of aliphatic hydroxyl groups is 1. The van der Waals surface area contributed by atoms with Crippen molar-refractivity contribution in [1.29, 1.82) is 0 Å². The average Bonchev–Trinajstić information content (AvgIpc) is 3.00. The van der Waals surface area contributed by atoms with Gasteiger partial charge in [0.15, 0.2) is 0 Å². The number of nitrogens with zero attached hydrogens (tertiary/aromatic N) is 3. The van der Waals surface area contributed by atoms with Crippen molar-refractivity contribution in [2.45, 2.75) is 33.4 Å². The van der Waals surface area contributed by atoms with Gasteiger partial charge in [0, 0.05) is 24.4 Å². The summed E-state index contributed by atoms with van der Waals surface area (Å²) in [6.45, 7) is 6.47. The van der Waals surface area contributed by atoms with Crippen LogP contribution >= 0.6 is 11.3 Å². The fourth-order valence-electron chi connectivity index (χ4n) is 1.90. The van der Waals surface area contributed by atoms with E-state index in [1.54, 1.807) is 11.3 Å². The van der Waals surface area contributed by atoms with Crippen molar-refractivity contribution in [2.75, 3.05) is 13.2 Å². The Kier molecular flexibility index (Phi) is 5.07. The van der Waals surface area contributed by atoms with E-state index in [0.29, 0.717) is 13.1 Å². The second-order valence-corrected chi connectivity index (χ2v) is 5.51. The monoisotopic (exact) mass is 280 g/mol. The van der Waals surface area contributed by atoms with Gasteiger partial charge in [-0.2, -0.15) is 5.10 Å². The van der Waals surface area contributed by atoms with Crippen LogP contribution < -0.4 is 0 Å². The SMILES string of the molecule is CCc1n[nH]c(CN(CCO)Cc2sccc2C)n1. The van der Waals surface area contributed by atoms with Gasteiger partial charge in [0.1, 0.15) is 11.6 Å². The highest BCUT2D eigenvalue weighted by atomic mass is 32.1. The number of aliphatic hydroxyl groups excluding tert-OH is 1. The zero-order chi connectivity index (χ0) is 13.7. The molecule has 0 bridgehead atoms. The summed E-state index contributed by atoms with van der Waals surface area (Å²) in [5.41, 5.74) is 1.31. The number of nitrogens with one attached hydrogen (secondary N) is 1. The molecule has 2 aromatic heterocycles. The van der Waals surface area contributed by atoms with Gasteiger partial charge >= 0.3 is 0 Å². The Morgan fingerprint density at radius 2 is 2.26 bits per heavy atom. The zero-order valence-electron chi connectivity index (χ0n) is 11.4. The highest BCUT2D eigenvalue weighted by Gasteiger charge is 2.11. The summed E-state index contributed by atoms with van der Waals surface area (Å²) in [5, 5.41) is 18.4. The molecule has 0 saturated heterocycles. The summed E-state index contributed by atoms with van der Waals surface area (Å²) in [4.78, 5) is 7.93. The number of aryl methyl sites for hydroxylation is 2. The topological polar surface area (TPSA) is 65.0 Å². The van der Waals surface area contributed by atoms with Crippen LogP contribution in [0.15, 0.2) is 11.4 Å². The number of rotatable bonds is 7. The first kappa shape index (κ1) is 14.2. The molecule has 0 aromatic carbocycles. The van der Waals surface area contributed by atoms with Crippen molar-refractivity contribution in [3.8, 4) is 0 Å². The van der Waals surface area contributed by atoms with Gasteiger partial charge in [-0.05, 0) is 23.9 Å². The fourth-order valence-corrected chi connectivity index (χ4v) is 2.85. The van der Waals surface area contributed by atoms with E-state index in [0.717, 1.165) is 24.6 Å². The first-order chi connectivity index (χ1) is 9.22. The largest absolute Gasteiger partial charge is 0.395 e. The maximum atomic E-state index is 9.18. The Labute approximate surface area is 117 Å². The second kappa shape index (κ2) is 6.79. The van der Waals surface area contributed by atoms with Crippen LogP contribution in [0, 0.1) is 6.92 Å². The van der Waals surface area contributed by atoms with Gasteiger partial charge in [-0.15, -0.1) is 11.3 Å². The lowest BCUT2D eigenvalue weighted by molar-refractivity contribution is 0.182. The van der Waals surface area contributed by atoms with E-state index < -0.39 is 0 Å². The molecular formula is C13H20N4OS. The summed E-state index contributed by atoms with van der Waals surface area (Å²) in [6, 6.07) is 2.13. The molecule has 19 heavy (non-hydrogen) atoms. The van der Waals surface area contributed by atoms with Crippen molar-refractivity contribution in [1.82, 2.24) is 20.1 Å². The minimum atomic E-state index is 0.152. The summed E-state index contributed by atoms with van der Waals surface area (Å²) in [5.74, 6) is 1.70. The molecule has 0 spiro atoms. The van der Waals surface area contributed by atoms with Gasteiger partial charge in [0.2, 0.25) is 0 Å². The Morgan fingerprint density at radius 3 is 2.84 bits per heavy atom. The molecule has 0 atom stereocenters. The molecule has 0 amide bonds. The van der Waals surface area contributed by atoms with Gasteiger partial charge in [-0.3, -0.25) is 10.00 Å². The fraction of sp³-hybridized carbons (Fsp3) is 0.538. The Hall–Kier alpha value is -1.24. The van der Waals surface area contributed by atoms with Crippen molar-refractivity contribution < 1.29 is 5.11 Å². The Balaban J connectivity index is 2.01. The van der Waals surface area contributed by atoms with Crippen LogP contribution in [-0.4, -0.2) is 38.3 Å². The highest BCUT2D eigenvalue weighted by Crippen LogP contribution is 2.18. The first-order valence-electron chi connectivity index (χ1n) is 6.49. The predicted molar refractivity (Wildman–Crippen MR) is 76.0 cm³/mol. The molecule has 5 nitrogen and oxygen atoms in total. The molecule has 0 aliphatic heterocycles. The molecule has 104 valence electrons. The summed E-state index contributed by atoms with van der Waals surface area (Å²) < 4.78 is 0. The lowest BCUT2D eigenvalue weighted by Crippen LogP contribution is -2.26. The lowest BCUT2D eigenvalue weighted by atomic mass is 10.3. The highest BCUT2D eigenvalue weighted by molar-refractivity contribution is 7.10. The summed E-state index contributed by atoms with van der Waals surface area (Å²) in [6.07, 6.45) is 0.834. The predicted octanol–water partition coefficient (Wildman–Crippen LogP) is 1.73. The number of H-pyrrole nitrogens is 1. The summed E-state index contributed by atoms with van der Waals surface area (Å²) in [7, 11) is 0. The van der Waals surface area contributed by atoms with E-state index in [2.05, 4.69) is 38.5 Å². The van der Waals surface area contributed by atoms with Crippen molar-refractivity contribution >= 4 is 11.3 Å². The van der Waals surface area contributed by atoms with E-state index in [9.17, 15) is 5.11 Å². The minimum Gasteiger partial charge on any atom is -0.395 e. The van der Waals surface area contributed by atoms with Crippen molar-refractivity contribution in [3.05, 3.63) is 33.5 Å². The Bertz CT molecular complexity index is 508. The van der Waals surface area contributed by atoms with Gasteiger partial charge in [-0.1, -0.05) is 6.92 Å². The molecule has 0 aliphatic carbocycles. The molecule has 2 aromatic rings. The maximum Gasteiger partial charge on any atom is 0.150 e. The number of thiophene rings is 1. The van der Waals surface area contributed by atoms with E-state index >= 15 is 0 Å². The van der Waals surface area contributed by atoms with E-state index in [1.165, 1.54) is 10.4 Å². The van der Waals surface area contributed by atoms with Crippen LogP contribution in [0.2, 0.25) is 0 Å². The second-order valence-electron chi connectivity index (χ2n) is 4.51. The smallest absolute Gasteiger partial charge is 0.150 e. The van der Waals surface area contributed by atoms with Crippen LogP contribution in [0.4, 0.5) is 0 Å². The molecule has 0 aliphatic rings. The molecule has 0 unspecified atom stereocenters. The van der Waals surface area contributed by atoms with Crippen molar-refractivity contribution in [3.63, 3.8) is 0 Å². The quantitative estimate of drug-likeness (QED) is 0.810. The molecule has 0 radical (unpaired) electrons. The maximum absolute atomic E-state index is 9.18. The standard InChI is InChI=1S/C13H20N4OS/c1-3-12-14-13(16-15-12)9-17(5-6-18)8-11-10(2)4-7-19-11/h4,7,18H,3,5-6,8-9H2,1-2H3,(H,14,15,16). The third kappa shape index (κ3) is 3.86. The van der Waals surface area contributed by atoms with Gasteiger partial charge in [-0.25, -0.2) is 4.98 Å². The van der Waals surface area contributed by atoms with E-state index in [4.69, 9.17) is 0 Å². The van der Waals surface area contributed by atoms with E-state index in [-0.39, 0.29) is 6.61 Å². The normalized spacial score (nSPS) is 11.4. The van der Waals surface area contributed by atoms with Gasteiger partial charge < -0.3 is 5.11 Å². The van der Waals surface area contributed by atoms with Crippen LogP contribution in [0.3, 0.4) is 0 Å². The first-order valence-corrected chi connectivity index (χ1v) is 7.37. The molecule has 0 saturated carbocycles. The van der Waals surface area contributed by atoms with Crippen molar-refractivity contribution in [2.24, 2.45) is 0 Å². The molecular weight excluding hydrogens is 260 g/mol. The molecule has 2 N–H and O–H groups in total. The molecule has 0 fully saturated rings. The van der Waals surface area contributed by atoms with E-state index in [1.807, 2.05) is 6.92 Å². The number of aromatic nitrogens is 3. The molecule has 2 heterocycles. The average molecular weight is 280 g/mol. The minimum absolute atomic E-state index is 0.152. The van der Waals surface area contributed by atoms with Crippen LogP contribution in [0.5, 0.6) is 0 Å². The lowest BCUT2D eigenvalue weighted by Gasteiger charge is -2.19. The van der Waals surface area contributed by atoms with Crippen LogP contribution in [0.25, 0.3) is 0 Å². The third-order valence-corrected chi connectivity index (χ3v) is 4.03. The number of hydrogen-bond donors (Lipinski definition) is 2. The molecule has 2 rings (SSSR count). The zero-order valence-corrected chi connectivity index (χ0v) is 12.2.